The molecule has 0 radical (unpaired) electrons. The fourth-order valence-electron chi connectivity index (χ4n) is 1.12. The van der Waals surface area contributed by atoms with Crippen LogP contribution in [0.15, 0.2) is 41.4 Å². The van der Waals surface area contributed by atoms with Crippen molar-refractivity contribution < 1.29 is 27.9 Å². The molecule has 8 heteroatoms. The van der Waals surface area contributed by atoms with Crippen molar-refractivity contribution in [3.8, 4) is 0 Å². The molecule has 1 aromatic carbocycles. The molecule has 0 aliphatic carbocycles. The van der Waals surface area contributed by atoms with E-state index in [1.54, 1.807) is 30.3 Å². The molecule has 0 saturated heterocycles. The van der Waals surface area contributed by atoms with E-state index in [0.29, 0.717) is 5.75 Å². The van der Waals surface area contributed by atoms with Gasteiger partial charge in [-0.2, -0.15) is 13.2 Å². The summed E-state index contributed by atoms with van der Waals surface area (Å²) in [6, 6.07) is 8.94. The van der Waals surface area contributed by atoms with Crippen LogP contribution in [-0.4, -0.2) is 23.2 Å². The Morgan fingerprint density at radius 1 is 1.25 bits per heavy atom. The number of carbonyl (C=O) groups is 2. The third-order valence-corrected chi connectivity index (χ3v) is 2.93. The highest BCUT2D eigenvalue weighted by molar-refractivity contribution is 8.01. The molecule has 0 aromatic heterocycles. The lowest BCUT2D eigenvalue weighted by Crippen LogP contribution is -2.38. The number of alkyl halides is 3. The van der Waals surface area contributed by atoms with Crippen LogP contribution in [-0.2, 0) is 15.3 Å². The molecule has 20 heavy (non-hydrogen) atoms. The van der Waals surface area contributed by atoms with Crippen molar-refractivity contribution in [2.45, 2.75) is 11.9 Å². The van der Waals surface area contributed by atoms with Crippen LogP contribution in [0, 0.1) is 0 Å². The standard InChI is InChI=1S/C12H10F3NO3S/c13-12(14,15)11(19)16-9(10(17)18)7-20-6-8-4-2-1-3-5-8/h1-5,7H,6H2,(H,16,19)(H,17,18)/b9-7+. The number of hydrogen-bond acceptors (Lipinski definition) is 3. The summed E-state index contributed by atoms with van der Waals surface area (Å²) in [6.07, 6.45) is -5.13. The van der Waals surface area contributed by atoms with Crippen LogP contribution in [0.2, 0.25) is 0 Å². The zero-order valence-corrected chi connectivity index (χ0v) is 10.8. The molecule has 0 aliphatic rings. The molecule has 1 amide bonds. The SMILES string of the molecule is O=C(O)/C(=C\SCc1ccccc1)NC(=O)C(F)(F)F. The number of thioether (sulfide) groups is 1. The minimum Gasteiger partial charge on any atom is -0.477 e. The zero-order valence-electron chi connectivity index (χ0n) is 9.98. The molecule has 1 rings (SSSR count). The number of amides is 1. The lowest BCUT2D eigenvalue weighted by Gasteiger charge is -2.08. The van der Waals surface area contributed by atoms with Gasteiger partial charge in [0.15, 0.2) is 0 Å². The molecule has 108 valence electrons. The summed E-state index contributed by atoms with van der Waals surface area (Å²) in [5, 5.41) is 11.0. The van der Waals surface area contributed by atoms with Crippen LogP contribution in [0.25, 0.3) is 0 Å². The molecule has 0 bridgehead atoms. The van der Waals surface area contributed by atoms with E-state index in [1.165, 1.54) is 5.32 Å². The number of rotatable bonds is 5. The van der Waals surface area contributed by atoms with E-state index >= 15 is 0 Å². The Bertz CT molecular complexity index is 514. The van der Waals surface area contributed by atoms with Gasteiger partial charge in [0, 0.05) is 11.2 Å². The number of carbonyl (C=O) groups excluding carboxylic acids is 1. The number of carboxylic acids is 1. The van der Waals surface area contributed by atoms with E-state index in [4.69, 9.17) is 5.11 Å². The molecule has 0 saturated carbocycles. The van der Waals surface area contributed by atoms with Crippen LogP contribution in [0.1, 0.15) is 5.56 Å². The lowest BCUT2D eigenvalue weighted by molar-refractivity contribution is -0.173. The van der Waals surface area contributed by atoms with Crippen molar-refractivity contribution >= 4 is 23.6 Å². The molecular formula is C12H10F3NO3S. The van der Waals surface area contributed by atoms with E-state index in [0.717, 1.165) is 22.7 Å². The molecule has 0 heterocycles. The first-order valence-electron chi connectivity index (χ1n) is 5.28. The Morgan fingerprint density at radius 3 is 2.35 bits per heavy atom. The summed E-state index contributed by atoms with van der Waals surface area (Å²) in [6.45, 7) is 0. The molecular weight excluding hydrogens is 295 g/mol. The summed E-state index contributed by atoms with van der Waals surface area (Å²) in [5.41, 5.74) is 0.0638. The lowest BCUT2D eigenvalue weighted by atomic mass is 10.2. The summed E-state index contributed by atoms with van der Waals surface area (Å²) >= 11 is 0.970. The quantitative estimate of drug-likeness (QED) is 0.820. The first-order valence-corrected chi connectivity index (χ1v) is 6.32. The fraction of sp³-hybridized carbons (Fsp3) is 0.167. The van der Waals surface area contributed by atoms with E-state index < -0.39 is 23.7 Å². The van der Waals surface area contributed by atoms with Crippen LogP contribution in [0.4, 0.5) is 13.2 Å². The summed E-state index contributed by atoms with van der Waals surface area (Å²) in [5.74, 6) is -3.57. The van der Waals surface area contributed by atoms with Crippen LogP contribution >= 0.6 is 11.8 Å². The van der Waals surface area contributed by atoms with Gasteiger partial charge in [-0.15, -0.1) is 11.8 Å². The van der Waals surface area contributed by atoms with Gasteiger partial charge in [0.2, 0.25) is 0 Å². The number of aliphatic carboxylic acids is 1. The smallest absolute Gasteiger partial charge is 0.471 e. The average Bonchev–Trinajstić information content (AvgIpc) is 2.37. The van der Waals surface area contributed by atoms with Crippen molar-refractivity contribution in [3.05, 3.63) is 47.0 Å². The van der Waals surface area contributed by atoms with Gasteiger partial charge >= 0.3 is 18.1 Å². The van der Waals surface area contributed by atoms with E-state index in [2.05, 4.69) is 0 Å². The summed E-state index contributed by atoms with van der Waals surface area (Å²) in [7, 11) is 0. The largest absolute Gasteiger partial charge is 0.477 e. The number of carboxylic acid groups (broad SMARTS) is 1. The minimum atomic E-state index is -5.13. The predicted molar refractivity (Wildman–Crippen MR) is 67.7 cm³/mol. The second-order valence-corrected chi connectivity index (χ2v) is 4.44. The second-order valence-electron chi connectivity index (χ2n) is 3.59. The van der Waals surface area contributed by atoms with Gasteiger partial charge in [-0.1, -0.05) is 30.3 Å². The number of nitrogens with one attached hydrogen (secondary N) is 1. The highest BCUT2D eigenvalue weighted by Gasteiger charge is 2.39. The molecule has 0 aliphatic heterocycles. The highest BCUT2D eigenvalue weighted by Crippen LogP contribution is 2.17. The van der Waals surface area contributed by atoms with Gasteiger partial charge in [-0.25, -0.2) is 4.79 Å². The van der Waals surface area contributed by atoms with Gasteiger partial charge < -0.3 is 10.4 Å². The number of halogens is 3. The van der Waals surface area contributed by atoms with Crippen molar-refractivity contribution in [1.82, 2.24) is 5.32 Å². The maximum atomic E-state index is 12.0. The maximum Gasteiger partial charge on any atom is 0.471 e. The molecule has 0 spiro atoms. The Balaban J connectivity index is 2.65. The zero-order chi connectivity index (χ0) is 15.2. The van der Waals surface area contributed by atoms with Gasteiger partial charge in [0.05, 0.1) is 0 Å². The predicted octanol–water partition coefficient (Wildman–Crippen LogP) is 2.52. The second kappa shape index (κ2) is 6.99. The molecule has 0 unspecified atom stereocenters. The molecule has 4 nitrogen and oxygen atoms in total. The fourth-order valence-corrected chi connectivity index (χ4v) is 1.92. The normalized spacial score (nSPS) is 12.1. The molecule has 0 fully saturated rings. The maximum absolute atomic E-state index is 12.0. The summed E-state index contributed by atoms with van der Waals surface area (Å²) < 4.78 is 36.1. The van der Waals surface area contributed by atoms with E-state index in [1.807, 2.05) is 0 Å². The van der Waals surface area contributed by atoms with Crippen LogP contribution in [0.5, 0.6) is 0 Å². The Hall–Kier alpha value is -1.96. The number of hydrogen-bond donors (Lipinski definition) is 2. The van der Waals surface area contributed by atoms with E-state index in [9.17, 15) is 22.8 Å². The van der Waals surface area contributed by atoms with Gasteiger partial charge in [-0.3, -0.25) is 4.79 Å². The molecule has 0 atom stereocenters. The third kappa shape index (κ3) is 5.35. The topological polar surface area (TPSA) is 66.4 Å². The first kappa shape index (κ1) is 16.1. The van der Waals surface area contributed by atoms with Crippen molar-refractivity contribution in [2.24, 2.45) is 0 Å². The highest BCUT2D eigenvalue weighted by atomic mass is 32.2. The van der Waals surface area contributed by atoms with Gasteiger partial charge in [-0.05, 0) is 5.56 Å². The Labute approximate surface area is 116 Å². The Kier molecular flexibility index (Phi) is 5.63. The monoisotopic (exact) mass is 305 g/mol. The van der Waals surface area contributed by atoms with Gasteiger partial charge in [0.25, 0.3) is 0 Å². The molecule has 2 N–H and O–H groups in total. The van der Waals surface area contributed by atoms with Crippen molar-refractivity contribution in [2.75, 3.05) is 0 Å². The van der Waals surface area contributed by atoms with Gasteiger partial charge in [0.1, 0.15) is 5.70 Å². The minimum absolute atomic E-state index is 0.375. The summed E-state index contributed by atoms with van der Waals surface area (Å²) in [4.78, 5) is 21.4. The van der Waals surface area contributed by atoms with Crippen LogP contribution in [0.3, 0.4) is 0 Å². The first-order chi connectivity index (χ1) is 9.30. The molecule has 1 aromatic rings. The average molecular weight is 305 g/mol. The van der Waals surface area contributed by atoms with Crippen molar-refractivity contribution in [3.63, 3.8) is 0 Å². The Morgan fingerprint density at radius 2 is 1.85 bits per heavy atom. The van der Waals surface area contributed by atoms with Crippen molar-refractivity contribution in [1.29, 1.82) is 0 Å². The number of benzene rings is 1. The van der Waals surface area contributed by atoms with E-state index in [-0.39, 0.29) is 0 Å². The third-order valence-electron chi connectivity index (χ3n) is 2.03. The van der Waals surface area contributed by atoms with Crippen LogP contribution < -0.4 is 5.32 Å².